The van der Waals surface area contributed by atoms with E-state index in [2.05, 4.69) is 15.6 Å². The van der Waals surface area contributed by atoms with Crippen molar-refractivity contribution >= 4 is 34.0 Å². The zero-order chi connectivity index (χ0) is 19.2. The van der Waals surface area contributed by atoms with Gasteiger partial charge in [-0.05, 0) is 49.2 Å². The number of carbonyl (C=O) groups excluding carboxylic acids is 2. The number of rotatable bonds is 6. The fourth-order valence-electron chi connectivity index (χ4n) is 2.41. The number of nitrogens with zero attached hydrogens (tertiary/aromatic N) is 1. The molecule has 7 heteroatoms. The van der Waals surface area contributed by atoms with Crippen molar-refractivity contribution < 1.29 is 14.3 Å². The first-order valence-electron chi connectivity index (χ1n) is 8.32. The van der Waals surface area contributed by atoms with Gasteiger partial charge in [-0.15, -0.1) is 11.3 Å². The minimum Gasteiger partial charge on any atom is -0.483 e. The number of anilines is 2. The van der Waals surface area contributed by atoms with E-state index < -0.39 is 0 Å². The first kappa shape index (κ1) is 18.6. The average molecular weight is 381 g/mol. The molecule has 138 valence electrons. The molecule has 0 bridgehead atoms. The third-order valence-electron chi connectivity index (χ3n) is 3.97. The van der Waals surface area contributed by atoms with Gasteiger partial charge in [0.15, 0.2) is 11.7 Å². The highest BCUT2D eigenvalue weighted by molar-refractivity contribution is 7.13. The number of aryl methyl sites for hydroxylation is 1. The molecule has 2 aromatic carbocycles. The first-order chi connectivity index (χ1) is 13.0. The molecule has 6 nitrogen and oxygen atoms in total. The van der Waals surface area contributed by atoms with Crippen LogP contribution in [0.15, 0.2) is 54.0 Å². The predicted octanol–water partition coefficient (Wildman–Crippen LogP) is 4.03. The number of aromatic nitrogens is 1. The van der Waals surface area contributed by atoms with Gasteiger partial charge in [0.1, 0.15) is 5.75 Å². The lowest BCUT2D eigenvalue weighted by Gasteiger charge is -2.11. The highest BCUT2D eigenvalue weighted by Gasteiger charge is 2.10. The third kappa shape index (κ3) is 4.92. The van der Waals surface area contributed by atoms with Crippen LogP contribution >= 0.6 is 11.3 Å². The number of benzene rings is 2. The van der Waals surface area contributed by atoms with E-state index in [1.807, 2.05) is 32.0 Å². The highest BCUT2D eigenvalue weighted by Crippen LogP contribution is 2.20. The molecule has 3 rings (SSSR count). The second-order valence-electron chi connectivity index (χ2n) is 5.91. The number of amides is 2. The van der Waals surface area contributed by atoms with E-state index in [-0.39, 0.29) is 18.4 Å². The van der Waals surface area contributed by atoms with Gasteiger partial charge in [0, 0.05) is 22.8 Å². The largest absolute Gasteiger partial charge is 0.483 e. The molecule has 27 heavy (non-hydrogen) atoms. The zero-order valence-electron chi connectivity index (χ0n) is 15.0. The number of ether oxygens (including phenoxy) is 1. The lowest BCUT2D eigenvalue weighted by atomic mass is 10.1. The minimum absolute atomic E-state index is 0.111. The molecule has 1 aromatic heterocycles. The van der Waals surface area contributed by atoms with Gasteiger partial charge in [0.05, 0.1) is 0 Å². The number of hydrogen-bond donors (Lipinski definition) is 2. The summed E-state index contributed by atoms with van der Waals surface area (Å²) in [4.78, 5) is 28.4. The third-order valence-corrected chi connectivity index (χ3v) is 4.66. The predicted molar refractivity (Wildman–Crippen MR) is 107 cm³/mol. The number of carbonyl (C=O) groups is 2. The molecule has 0 saturated heterocycles. The van der Waals surface area contributed by atoms with Crippen LogP contribution in [-0.2, 0) is 4.79 Å². The summed E-state index contributed by atoms with van der Waals surface area (Å²) in [5.41, 5.74) is 3.06. The number of thiazole rings is 1. The molecule has 0 fully saturated rings. The van der Waals surface area contributed by atoms with Gasteiger partial charge >= 0.3 is 0 Å². The molecule has 1 heterocycles. The molecule has 0 saturated carbocycles. The molecular weight excluding hydrogens is 362 g/mol. The molecular formula is C20H19N3O3S. The lowest BCUT2D eigenvalue weighted by molar-refractivity contribution is -0.118. The van der Waals surface area contributed by atoms with Crippen molar-refractivity contribution in [2.75, 3.05) is 17.2 Å². The van der Waals surface area contributed by atoms with Crippen LogP contribution < -0.4 is 15.4 Å². The van der Waals surface area contributed by atoms with Crippen molar-refractivity contribution in [1.82, 2.24) is 4.98 Å². The van der Waals surface area contributed by atoms with Crippen molar-refractivity contribution in [2.24, 2.45) is 0 Å². The van der Waals surface area contributed by atoms with Gasteiger partial charge in [-0.3, -0.25) is 14.9 Å². The summed E-state index contributed by atoms with van der Waals surface area (Å²) in [7, 11) is 0. The number of nitrogens with one attached hydrogen (secondary N) is 2. The lowest BCUT2D eigenvalue weighted by Crippen LogP contribution is -2.21. The van der Waals surface area contributed by atoms with Crippen LogP contribution in [0.3, 0.4) is 0 Å². The quantitative estimate of drug-likeness (QED) is 0.676. The van der Waals surface area contributed by atoms with Gasteiger partial charge in [-0.25, -0.2) is 4.98 Å². The molecule has 0 spiro atoms. The normalized spacial score (nSPS) is 10.3. The minimum atomic E-state index is -0.298. The van der Waals surface area contributed by atoms with Crippen LogP contribution in [-0.4, -0.2) is 23.4 Å². The summed E-state index contributed by atoms with van der Waals surface area (Å²) in [6.45, 7) is 3.83. The Balaban J connectivity index is 1.59. The second-order valence-corrected chi connectivity index (χ2v) is 6.80. The SMILES string of the molecule is Cc1cccc(OCC(=O)Nc2cccc(C(=O)Nc3nccs3)c2)c1C. The molecule has 3 aromatic rings. The van der Waals surface area contributed by atoms with Crippen molar-refractivity contribution in [3.63, 3.8) is 0 Å². The fourth-order valence-corrected chi connectivity index (χ4v) is 2.94. The van der Waals surface area contributed by atoms with Crippen LogP contribution in [0.5, 0.6) is 5.75 Å². The van der Waals surface area contributed by atoms with Gasteiger partial charge < -0.3 is 10.1 Å². The molecule has 0 radical (unpaired) electrons. The summed E-state index contributed by atoms with van der Waals surface area (Å²) in [6, 6.07) is 12.4. The molecule has 0 aliphatic carbocycles. The second kappa shape index (κ2) is 8.46. The van der Waals surface area contributed by atoms with E-state index in [0.29, 0.717) is 22.1 Å². The molecule has 2 amide bonds. The van der Waals surface area contributed by atoms with Crippen LogP contribution in [0, 0.1) is 13.8 Å². The summed E-state index contributed by atoms with van der Waals surface area (Å²) < 4.78 is 5.60. The van der Waals surface area contributed by atoms with E-state index in [1.54, 1.807) is 35.8 Å². The van der Waals surface area contributed by atoms with E-state index in [9.17, 15) is 9.59 Å². The topological polar surface area (TPSA) is 80.3 Å². The van der Waals surface area contributed by atoms with Crippen molar-refractivity contribution in [3.05, 3.63) is 70.7 Å². The van der Waals surface area contributed by atoms with Gasteiger partial charge in [0.25, 0.3) is 11.8 Å². The van der Waals surface area contributed by atoms with Crippen molar-refractivity contribution in [2.45, 2.75) is 13.8 Å². The smallest absolute Gasteiger partial charge is 0.262 e. The first-order valence-corrected chi connectivity index (χ1v) is 9.20. The summed E-state index contributed by atoms with van der Waals surface area (Å²) in [5.74, 6) is 0.0998. The Kier molecular flexibility index (Phi) is 5.83. The van der Waals surface area contributed by atoms with Crippen LogP contribution in [0.2, 0.25) is 0 Å². The summed E-state index contributed by atoms with van der Waals surface area (Å²) >= 11 is 1.34. The Morgan fingerprint density at radius 3 is 2.70 bits per heavy atom. The van der Waals surface area contributed by atoms with Crippen LogP contribution in [0.25, 0.3) is 0 Å². The Bertz CT molecular complexity index is 955. The van der Waals surface area contributed by atoms with E-state index in [0.717, 1.165) is 11.1 Å². The molecule has 0 atom stereocenters. The Morgan fingerprint density at radius 1 is 1.11 bits per heavy atom. The Morgan fingerprint density at radius 2 is 1.93 bits per heavy atom. The monoisotopic (exact) mass is 381 g/mol. The maximum Gasteiger partial charge on any atom is 0.262 e. The Hall–Kier alpha value is -3.19. The van der Waals surface area contributed by atoms with Gasteiger partial charge in [-0.1, -0.05) is 18.2 Å². The van der Waals surface area contributed by atoms with Gasteiger partial charge in [-0.2, -0.15) is 0 Å². The maximum absolute atomic E-state index is 12.2. The summed E-state index contributed by atoms with van der Waals surface area (Å²) in [6.07, 6.45) is 1.62. The zero-order valence-corrected chi connectivity index (χ0v) is 15.8. The van der Waals surface area contributed by atoms with Crippen LogP contribution in [0.4, 0.5) is 10.8 Å². The van der Waals surface area contributed by atoms with Crippen LogP contribution in [0.1, 0.15) is 21.5 Å². The van der Waals surface area contributed by atoms with E-state index >= 15 is 0 Å². The molecule has 0 aliphatic rings. The summed E-state index contributed by atoms with van der Waals surface area (Å²) in [5, 5.41) is 7.76. The number of hydrogen-bond acceptors (Lipinski definition) is 5. The van der Waals surface area contributed by atoms with E-state index in [1.165, 1.54) is 11.3 Å². The van der Waals surface area contributed by atoms with E-state index in [4.69, 9.17) is 4.74 Å². The van der Waals surface area contributed by atoms with Crippen molar-refractivity contribution in [1.29, 1.82) is 0 Å². The standard InChI is InChI=1S/C20H19N3O3S/c1-13-5-3-8-17(14(13)2)26-12-18(24)22-16-7-4-6-15(11-16)19(25)23-20-21-9-10-27-20/h3-11H,12H2,1-2H3,(H,22,24)(H,21,23,25). The van der Waals surface area contributed by atoms with Crippen molar-refractivity contribution in [3.8, 4) is 5.75 Å². The molecule has 0 unspecified atom stereocenters. The molecule has 2 N–H and O–H groups in total. The highest BCUT2D eigenvalue weighted by atomic mass is 32.1. The van der Waals surface area contributed by atoms with Gasteiger partial charge in [0.2, 0.25) is 0 Å². The Labute approximate surface area is 161 Å². The fraction of sp³-hybridized carbons (Fsp3) is 0.150. The average Bonchev–Trinajstić information content (AvgIpc) is 3.16. The molecule has 0 aliphatic heterocycles. The maximum atomic E-state index is 12.2.